The van der Waals surface area contributed by atoms with Gasteiger partial charge in [0.15, 0.2) is 0 Å². The summed E-state index contributed by atoms with van der Waals surface area (Å²) in [6.07, 6.45) is 2.02. The third-order valence-corrected chi connectivity index (χ3v) is 6.01. The molecule has 0 saturated carbocycles. The molecule has 0 aromatic heterocycles. The van der Waals surface area contributed by atoms with E-state index in [0.29, 0.717) is 19.0 Å². The van der Waals surface area contributed by atoms with E-state index >= 15 is 0 Å². The van der Waals surface area contributed by atoms with Crippen molar-refractivity contribution in [2.24, 2.45) is 5.92 Å². The monoisotopic (exact) mass is 269 g/mol. The molecule has 0 aliphatic rings. The molecule has 16 heavy (non-hydrogen) atoms. The zero-order valence-corrected chi connectivity index (χ0v) is 12.3. The fourth-order valence-corrected chi connectivity index (χ4v) is 3.51. The number of hydrogen-bond acceptors (Lipinski definition) is 2. The Morgan fingerprint density at radius 1 is 1.19 bits per heavy atom. The third-order valence-electron chi connectivity index (χ3n) is 3.05. The lowest BCUT2D eigenvalue weighted by atomic mass is 10.0. The van der Waals surface area contributed by atoms with E-state index in [9.17, 15) is 8.42 Å². The van der Waals surface area contributed by atoms with Gasteiger partial charge in [0.05, 0.1) is 5.25 Å². The Kier molecular flexibility index (Phi) is 7.61. The Morgan fingerprint density at radius 2 is 1.69 bits per heavy atom. The predicted molar refractivity (Wildman–Crippen MR) is 70.4 cm³/mol. The largest absolute Gasteiger partial charge is 0.217 e. The van der Waals surface area contributed by atoms with Crippen molar-refractivity contribution in [1.82, 2.24) is 4.31 Å². The van der Waals surface area contributed by atoms with Gasteiger partial charge in [-0.1, -0.05) is 33.6 Å². The summed E-state index contributed by atoms with van der Waals surface area (Å²) in [7, 11) is -3.22. The van der Waals surface area contributed by atoms with Gasteiger partial charge in [-0.05, 0) is 12.8 Å². The summed E-state index contributed by atoms with van der Waals surface area (Å²) >= 11 is 5.64. The van der Waals surface area contributed by atoms with Crippen LogP contribution in [-0.4, -0.2) is 36.9 Å². The van der Waals surface area contributed by atoms with E-state index in [0.717, 1.165) is 12.8 Å². The van der Waals surface area contributed by atoms with Crippen molar-refractivity contribution in [3.63, 3.8) is 0 Å². The maximum atomic E-state index is 12.1. The van der Waals surface area contributed by atoms with Crippen LogP contribution < -0.4 is 0 Å². The first kappa shape index (κ1) is 16.2. The molecule has 3 nitrogen and oxygen atoms in total. The molecule has 0 aliphatic heterocycles. The first-order chi connectivity index (χ1) is 7.43. The molecule has 0 aromatic rings. The van der Waals surface area contributed by atoms with Crippen molar-refractivity contribution in [2.75, 3.05) is 19.0 Å². The molecule has 0 radical (unpaired) electrons. The van der Waals surface area contributed by atoms with Gasteiger partial charge in [-0.2, -0.15) is 0 Å². The fraction of sp³-hybridized carbons (Fsp3) is 1.00. The Bertz CT molecular complexity index is 276. The smallest absolute Gasteiger partial charge is 0.212 e. The second-order valence-corrected chi connectivity index (χ2v) is 6.80. The lowest BCUT2D eigenvalue weighted by Gasteiger charge is -2.27. The lowest BCUT2D eigenvalue weighted by molar-refractivity contribution is 0.337. The van der Waals surface area contributed by atoms with Crippen LogP contribution in [0.5, 0.6) is 0 Å². The maximum absolute atomic E-state index is 12.1. The zero-order chi connectivity index (χ0) is 12.8. The maximum Gasteiger partial charge on any atom is 0.217 e. The van der Waals surface area contributed by atoms with Crippen molar-refractivity contribution in [1.29, 1.82) is 0 Å². The molecule has 0 fully saturated rings. The van der Waals surface area contributed by atoms with Crippen LogP contribution in [0.2, 0.25) is 0 Å². The van der Waals surface area contributed by atoms with Crippen LogP contribution in [0.3, 0.4) is 0 Å². The minimum Gasteiger partial charge on any atom is -0.212 e. The fourth-order valence-electron chi connectivity index (χ4n) is 1.58. The standard InChI is InChI=1S/C11H24ClNO2S/c1-5-11(6-2)9-13(7-3)16(14,15)10(4)8-12/h10-11H,5-9H2,1-4H3. The molecule has 0 N–H and O–H groups in total. The van der Waals surface area contributed by atoms with Crippen LogP contribution in [0.1, 0.15) is 40.5 Å². The minimum atomic E-state index is -3.22. The van der Waals surface area contributed by atoms with Crippen LogP contribution in [0.4, 0.5) is 0 Å². The first-order valence-corrected chi connectivity index (χ1v) is 8.02. The third kappa shape index (κ3) is 4.22. The quantitative estimate of drug-likeness (QED) is 0.636. The number of halogens is 1. The molecule has 0 heterocycles. The Balaban J connectivity index is 4.72. The normalized spacial score (nSPS) is 14.7. The van der Waals surface area contributed by atoms with Gasteiger partial charge < -0.3 is 0 Å². The molecule has 98 valence electrons. The van der Waals surface area contributed by atoms with Crippen LogP contribution in [0, 0.1) is 5.92 Å². The summed E-state index contributed by atoms with van der Waals surface area (Å²) in [4.78, 5) is 0. The summed E-state index contributed by atoms with van der Waals surface area (Å²) in [5.74, 6) is 0.596. The van der Waals surface area contributed by atoms with E-state index in [2.05, 4.69) is 13.8 Å². The van der Waals surface area contributed by atoms with Crippen molar-refractivity contribution in [2.45, 2.75) is 45.8 Å². The molecular weight excluding hydrogens is 246 g/mol. The SMILES string of the molecule is CCC(CC)CN(CC)S(=O)(=O)C(C)CCl. The van der Waals surface area contributed by atoms with Gasteiger partial charge in [0.25, 0.3) is 0 Å². The summed E-state index contributed by atoms with van der Waals surface area (Å²) in [6.45, 7) is 8.88. The van der Waals surface area contributed by atoms with Crippen molar-refractivity contribution in [3.05, 3.63) is 0 Å². The Labute approximate surface area is 105 Å². The number of alkyl halides is 1. The van der Waals surface area contributed by atoms with Gasteiger partial charge >= 0.3 is 0 Å². The topological polar surface area (TPSA) is 37.4 Å². The van der Waals surface area contributed by atoms with E-state index in [4.69, 9.17) is 11.6 Å². The van der Waals surface area contributed by atoms with Crippen molar-refractivity contribution >= 4 is 21.6 Å². The molecule has 0 amide bonds. The molecule has 1 unspecified atom stereocenters. The van der Waals surface area contributed by atoms with Gasteiger partial charge in [-0.3, -0.25) is 0 Å². The molecule has 0 spiro atoms. The summed E-state index contributed by atoms with van der Waals surface area (Å²) in [5.41, 5.74) is 0. The van der Waals surface area contributed by atoms with E-state index < -0.39 is 15.3 Å². The van der Waals surface area contributed by atoms with Crippen molar-refractivity contribution in [3.8, 4) is 0 Å². The molecule has 0 aromatic carbocycles. The number of hydrogen-bond donors (Lipinski definition) is 0. The second-order valence-electron chi connectivity index (χ2n) is 4.14. The van der Waals surface area contributed by atoms with Crippen molar-refractivity contribution < 1.29 is 8.42 Å². The molecule has 1 atom stereocenters. The van der Waals surface area contributed by atoms with Gasteiger partial charge in [0, 0.05) is 19.0 Å². The van der Waals surface area contributed by atoms with Gasteiger partial charge in [0.1, 0.15) is 0 Å². The number of rotatable bonds is 8. The van der Waals surface area contributed by atoms with E-state index in [1.165, 1.54) is 0 Å². The van der Waals surface area contributed by atoms with E-state index in [-0.39, 0.29) is 5.88 Å². The zero-order valence-electron chi connectivity index (χ0n) is 10.7. The average molecular weight is 270 g/mol. The van der Waals surface area contributed by atoms with Gasteiger partial charge in [-0.25, -0.2) is 12.7 Å². The lowest BCUT2D eigenvalue weighted by Crippen LogP contribution is -2.40. The summed E-state index contributed by atoms with van der Waals surface area (Å²) in [6, 6.07) is 0. The average Bonchev–Trinajstić information content (AvgIpc) is 2.29. The molecule has 0 aliphatic carbocycles. The molecular formula is C11H24ClNO2S. The predicted octanol–water partition coefficient (Wildman–Crippen LogP) is 2.70. The molecule has 5 heteroatoms. The highest BCUT2D eigenvalue weighted by Gasteiger charge is 2.28. The Morgan fingerprint density at radius 3 is 2.00 bits per heavy atom. The highest BCUT2D eigenvalue weighted by Crippen LogP contribution is 2.16. The Hall–Kier alpha value is 0.200. The summed E-state index contributed by atoms with van der Waals surface area (Å²) < 4.78 is 25.8. The molecule has 0 saturated heterocycles. The minimum absolute atomic E-state index is 0.155. The van der Waals surface area contributed by atoms with Crippen LogP contribution >= 0.6 is 11.6 Å². The summed E-state index contributed by atoms with van der Waals surface area (Å²) in [5, 5.41) is -0.497. The van der Waals surface area contributed by atoms with Crippen LogP contribution in [0.15, 0.2) is 0 Å². The highest BCUT2D eigenvalue weighted by molar-refractivity contribution is 7.89. The molecule has 0 bridgehead atoms. The highest BCUT2D eigenvalue weighted by atomic mass is 35.5. The first-order valence-electron chi connectivity index (χ1n) is 5.98. The van der Waals surface area contributed by atoms with Gasteiger partial charge in [-0.15, -0.1) is 11.6 Å². The van der Waals surface area contributed by atoms with E-state index in [1.54, 1.807) is 11.2 Å². The van der Waals surface area contributed by atoms with E-state index in [1.807, 2.05) is 6.92 Å². The van der Waals surface area contributed by atoms with Gasteiger partial charge in [0.2, 0.25) is 10.0 Å². The molecule has 0 rings (SSSR count). The number of nitrogens with zero attached hydrogens (tertiary/aromatic N) is 1. The second kappa shape index (κ2) is 7.51. The number of sulfonamides is 1. The van der Waals surface area contributed by atoms with Crippen LogP contribution in [0.25, 0.3) is 0 Å². The van der Waals surface area contributed by atoms with Crippen LogP contribution in [-0.2, 0) is 10.0 Å².